The summed E-state index contributed by atoms with van der Waals surface area (Å²) in [6.07, 6.45) is 0.652. The number of carbonyl (C=O) groups is 1. The standard InChI is InChI=1S/C13H17NO3/c15-13(14-8-12-6-7-16-9-12)17-10-11-4-2-1-3-5-11/h1-5,12H,6-10H2,(H,14,15)/t12-/m0/s1. The molecule has 0 bridgehead atoms. The number of carbonyl (C=O) groups excluding carboxylic acids is 1. The summed E-state index contributed by atoms with van der Waals surface area (Å²) in [6, 6.07) is 9.64. The minimum atomic E-state index is -0.360. The van der Waals surface area contributed by atoms with Crippen molar-refractivity contribution in [3.05, 3.63) is 35.9 Å². The van der Waals surface area contributed by atoms with E-state index in [1.165, 1.54) is 0 Å². The molecule has 1 aromatic carbocycles. The van der Waals surface area contributed by atoms with Crippen LogP contribution >= 0.6 is 0 Å². The summed E-state index contributed by atoms with van der Waals surface area (Å²) in [4.78, 5) is 11.4. The van der Waals surface area contributed by atoms with Gasteiger partial charge >= 0.3 is 6.09 Å². The van der Waals surface area contributed by atoms with Gasteiger partial charge in [0.15, 0.2) is 0 Å². The second kappa shape index (κ2) is 6.25. The third-order valence-corrected chi connectivity index (χ3v) is 2.77. The predicted molar refractivity (Wildman–Crippen MR) is 63.6 cm³/mol. The van der Waals surface area contributed by atoms with Crippen LogP contribution < -0.4 is 5.32 Å². The molecule has 0 aliphatic carbocycles. The zero-order valence-electron chi connectivity index (χ0n) is 9.72. The molecule has 1 aliphatic heterocycles. The van der Waals surface area contributed by atoms with E-state index in [0.29, 0.717) is 19.1 Å². The van der Waals surface area contributed by atoms with Crippen molar-refractivity contribution in [2.24, 2.45) is 5.92 Å². The Balaban J connectivity index is 1.64. The molecule has 0 saturated carbocycles. The smallest absolute Gasteiger partial charge is 0.407 e. The van der Waals surface area contributed by atoms with Crippen LogP contribution in [0, 0.1) is 5.92 Å². The molecule has 0 unspecified atom stereocenters. The maximum Gasteiger partial charge on any atom is 0.407 e. The van der Waals surface area contributed by atoms with Crippen molar-refractivity contribution in [2.75, 3.05) is 19.8 Å². The topological polar surface area (TPSA) is 47.6 Å². The van der Waals surface area contributed by atoms with Gasteiger partial charge in [0.2, 0.25) is 0 Å². The molecular formula is C13H17NO3. The first-order valence-corrected chi connectivity index (χ1v) is 5.87. The van der Waals surface area contributed by atoms with Gasteiger partial charge in [-0.05, 0) is 12.0 Å². The Morgan fingerprint density at radius 3 is 2.94 bits per heavy atom. The molecule has 2 rings (SSSR count). The van der Waals surface area contributed by atoms with Crippen molar-refractivity contribution >= 4 is 6.09 Å². The number of rotatable bonds is 4. The van der Waals surface area contributed by atoms with Crippen LogP contribution in [0.5, 0.6) is 0 Å². The summed E-state index contributed by atoms with van der Waals surface area (Å²) in [7, 11) is 0. The monoisotopic (exact) mass is 235 g/mol. The van der Waals surface area contributed by atoms with E-state index >= 15 is 0 Å². The fourth-order valence-electron chi connectivity index (χ4n) is 1.75. The predicted octanol–water partition coefficient (Wildman–Crippen LogP) is 1.95. The molecule has 1 atom stereocenters. The average molecular weight is 235 g/mol. The normalized spacial score (nSPS) is 18.9. The van der Waals surface area contributed by atoms with Crippen LogP contribution in [0.25, 0.3) is 0 Å². The third-order valence-electron chi connectivity index (χ3n) is 2.77. The number of hydrogen-bond acceptors (Lipinski definition) is 3. The molecule has 0 spiro atoms. The lowest BCUT2D eigenvalue weighted by Gasteiger charge is -2.10. The molecule has 4 nitrogen and oxygen atoms in total. The van der Waals surface area contributed by atoms with E-state index in [-0.39, 0.29) is 6.09 Å². The largest absolute Gasteiger partial charge is 0.445 e. The van der Waals surface area contributed by atoms with Crippen molar-refractivity contribution in [1.29, 1.82) is 0 Å². The first kappa shape index (κ1) is 11.9. The molecule has 1 aliphatic rings. The zero-order chi connectivity index (χ0) is 11.9. The lowest BCUT2D eigenvalue weighted by atomic mass is 10.1. The van der Waals surface area contributed by atoms with Crippen molar-refractivity contribution in [3.8, 4) is 0 Å². The van der Waals surface area contributed by atoms with Gasteiger partial charge in [0.1, 0.15) is 6.61 Å². The fourth-order valence-corrected chi connectivity index (χ4v) is 1.75. The summed E-state index contributed by atoms with van der Waals surface area (Å²) < 4.78 is 10.3. The van der Waals surface area contributed by atoms with Gasteiger partial charge in [-0.25, -0.2) is 4.79 Å². The lowest BCUT2D eigenvalue weighted by Crippen LogP contribution is -2.29. The molecule has 1 heterocycles. The van der Waals surface area contributed by atoms with E-state index in [2.05, 4.69) is 5.32 Å². The van der Waals surface area contributed by atoms with Gasteiger partial charge in [0, 0.05) is 19.1 Å². The van der Waals surface area contributed by atoms with E-state index in [0.717, 1.165) is 25.2 Å². The molecular weight excluding hydrogens is 218 g/mol. The van der Waals surface area contributed by atoms with Gasteiger partial charge in [0.25, 0.3) is 0 Å². The van der Waals surface area contributed by atoms with Crippen molar-refractivity contribution in [1.82, 2.24) is 5.32 Å². The second-order valence-electron chi connectivity index (χ2n) is 4.17. The zero-order valence-corrected chi connectivity index (χ0v) is 9.72. The number of amides is 1. The Labute approximate surface area is 101 Å². The Hall–Kier alpha value is -1.55. The molecule has 1 fully saturated rings. The van der Waals surface area contributed by atoms with Crippen LogP contribution in [0.4, 0.5) is 4.79 Å². The molecule has 1 N–H and O–H groups in total. The summed E-state index contributed by atoms with van der Waals surface area (Å²) >= 11 is 0. The fraction of sp³-hybridized carbons (Fsp3) is 0.462. The first-order valence-electron chi connectivity index (χ1n) is 5.87. The minimum absolute atomic E-state index is 0.313. The Morgan fingerprint density at radius 2 is 2.24 bits per heavy atom. The molecule has 1 aromatic rings. The van der Waals surface area contributed by atoms with Crippen LogP contribution in [0.3, 0.4) is 0 Å². The van der Waals surface area contributed by atoms with E-state index < -0.39 is 0 Å². The highest BCUT2D eigenvalue weighted by Gasteiger charge is 2.16. The molecule has 4 heteroatoms. The molecule has 1 saturated heterocycles. The van der Waals surface area contributed by atoms with Crippen molar-refractivity contribution in [2.45, 2.75) is 13.0 Å². The highest BCUT2D eigenvalue weighted by Crippen LogP contribution is 2.10. The van der Waals surface area contributed by atoms with Gasteiger partial charge in [-0.1, -0.05) is 30.3 Å². The van der Waals surface area contributed by atoms with Gasteiger partial charge in [-0.3, -0.25) is 0 Å². The summed E-state index contributed by atoms with van der Waals surface area (Å²) in [6.45, 7) is 2.48. The van der Waals surface area contributed by atoms with E-state index in [9.17, 15) is 4.79 Å². The maximum absolute atomic E-state index is 11.4. The molecule has 0 radical (unpaired) electrons. The second-order valence-corrected chi connectivity index (χ2v) is 4.17. The minimum Gasteiger partial charge on any atom is -0.445 e. The molecule has 0 aromatic heterocycles. The Morgan fingerprint density at radius 1 is 1.41 bits per heavy atom. The first-order chi connectivity index (χ1) is 8.34. The Kier molecular flexibility index (Phi) is 4.38. The maximum atomic E-state index is 11.4. The number of benzene rings is 1. The quantitative estimate of drug-likeness (QED) is 0.867. The van der Waals surface area contributed by atoms with Crippen molar-refractivity contribution < 1.29 is 14.3 Å². The summed E-state index contributed by atoms with van der Waals surface area (Å²) in [5.41, 5.74) is 0.992. The summed E-state index contributed by atoms with van der Waals surface area (Å²) in [5.74, 6) is 0.430. The van der Waals surface area contributed by atoms with E-state index in [1.807, 2.05) is 30.3 Å². The highest BCUT2D eigenvalue weighted by molar-refractivity contribution is 5.67. The van der Waals surface area contributed by atoms with Crippen LogP contribution in [0.15, 0.2) is 30.3 Å². The van der Waals surface area contributed by atoms with Gasteiger partial charge in [0.05, 0.1) is 6.61 Å². The molecule has 1 amide bonds. The number of ether oxygens (including phenoxy) is 2. The van der Waals surface area contributed by atoms with Crippen LogP contribution in [-0.4, -0.2) is 25.9 Å². The van der Waals surface area contributed by atoms with Crippen LogP contribution in [0.2, 0.25) is 0 Å². The lowest BCUT2D eigenvalue weighted by molar-refractivity contribution is 0.136. The van der Waals surface area contributed by atoms with E-state index in [4.69, 9.17) is 9.47 Å². The van der Waals surface area contributed by atoms with Crippen molar-refractivity contribution in [3.63, 3.8) is 0 Å². The van der Waals surface area contributed by atoms with Crippen LogP contribution in [-0.2, 0) is 16.1 Å². The number of hydrogen-bond donors (Lipinski definition) is 1. The highest BCUT2D eigenvalue weighted by atomic mass is 16.5. The van der Waals surface area contributed by atoms with Gasteiger partial charge in [-0.2, -0.15) is 0 Å². The molecule has 92 valence electrons. The summed E-state index contributed by atoms with van der Waals surface area (Å²) in [5, 5.41) is 2.75. The third kappa shape index (κ3) is 4.07. The van der Waals surface area contributed by atoms with E-state index in [1.54, 1.807) is 0 Å². The SMILES string of the molecule is O=C(NC[C@@H]1CCOC1)OCc1ccccc1. The molecule has 17 heavy (non-hydrogen) atoms. The number of nitrogens with one attached hydrogen (secondary N) is 1. The Bertz CT molecular complexity index is 347. The number of alkyl carbamates (subject to hydrolysis) is 1. The van der Waals surface area contributed by atoms with Gasteiger partial charge in [-0.15, -0.1) is 0 Å². The average Bonchev–Trinajstić information content (AvgIpc) is 2.88. The van der Waals surface area contributed by atoms with Crippen LogP contribution in [0.1, 0.15) is 12.0 Å². The van der Waals surface area contributed by atoms with Gasteiger partial charge < -0.3 is 14.8 Å².